The molecule has 0 spiro atoms. The van der Waals surface area contributed by atoms with Gasteiger partial charge in [-0.25, -0.2) is 4.98 Å². The van der Waals surface area contributed by atoms with Gasteiger partial charge in [-0.2, -0.15) is 0 Å². The van der Waals surface area contributed by atoms with Crippen LogP contribution in [0.15, 0.2) is 36.5 Å². The van der Waals surface area contributed by atoms with Gasteiger partial charge in [0.05, 0.1) is 10.7 Å². The molecule has 0 bridgehead atoms. The summed E-state index contributed by atoms with van der Waals surface area (Å²) in [5.74, 6) is 0.615. The molecule has 0 radical (unpaired) electrons. The van der Waals surface area contributed by atoms with Crippen LogP contribution in [0.2, 0.25) is 10.0 Å². The van der Waals surface area contributed by atoms with E-state index in [4.69, 9.17) is 41.2 Å². The fourth-order valence-electron chi connectivity index (χ4n) is 1.38. The molecule has 0 aliphatic carbocycles. The molecule has 0 saturated heterocycles. The normalized spacial score (nSPS) is 10.1. The van der Waals surface area contributed by atoms with Gasteiger partial charge in [-0.05, 0) is 30.3 Å². The standard InChI is InChI=1S/C12H9Cl2N3S/c13-8-1-2-10(9(14)6-8)17-11-5-7(12(15)18)3-4-16-11/h1-6H,(H2,15,18)(H,16,17). The lowest BCUT2D eigenvalue weighted by Gasteiger charge is -2.08. The SMILES string of the molecule is NC(=S)c1ccnc(Nc2ccc(Cl)cc2Cl)c1. The monoisotopic (exact) mass is 297 g/mol. The van der Waals surface area contributed by atoms with Crippen LogP contribution in [0.25, 0.3) is 0 Å². The zero-order valence-corrected chi connectivity index (χ0v) is 11.5. The lowest BCUT2D eigenvalue weighted by Crippen LogP contribution is -2.09. The van der Waals surface area contributed by atoms with Gasteiger partial charge in [0.15, 0.2) is 0 Å². The Labute approximate surface area is 120 Å². The Morgan fingerprint density at radius 3 is 2.67 bits per heavy atom. The molecule has 18 heavy (non-hydrogen) atoms. The highest BCUT2D eigenvalue weighted by Gasteiger charge is 2.04. The summed E-state index contributed by atoms with van der Waals surface area (Å²) in [5, 5.41) is 4.18. The molecule has 92 valence electrons. The van der Waals surface area contributed by atoms with E-state index in [1.54, 1.807) is 36.5 Å². The topological polar surface area (TPSA) is 50.9 Å². The minimum atomic E-state index is 0.322. The number of thiocarbonyl (C=S) groups is 1. The molecule has 0 aliphatic heterocycles. The molecule has 2 aromatic rings. The van der Waals surface area contributed by atoms with Gasteiger partial charge in [-0.15, -0.1) is 0 Å². The molecule has 1 aromatic carbocycles. The van der Waals surface area contributed by atoms with E-state index in [0.29, 0.717) is 26.5 Å². The van der Waals surface area contributed by atoms with E-state index in [2.05, 4.69) is 10.3 Å². The van der Waals surface area contributed by atoms with E-state index in [1.165, 1.54) is 0 Å². The number of hydrogen-bond acceptors (Lipinski definition) is 3. The summed E-state index contributed by atoms with van der Waals surface area (Å²) in [6, 6.07) is 8.68. The summed E-state index contributed by atoms with van der Waals surface area (Å²) in [4.78, 5) is 4.48. The van der Waals surface area contributed by atoms with Crippen molar-refractivity contribution in [3.8, 4) is 0 Å². The maximum absolute atomic E-state index is 6.06. The molecule has 0 aliphatic rings. The van der Waals surface area contributed by atoms with Crippen LogP contribution in [0.1, 0.15) is 5.56 Å². The Balaban J connectivity index is 2.28. The van der Waals surface area contributed by atoms with Gasteiger partial charge in [0.1, 0.15) is 10.8 Å². The number of benzene rings is 1. The molecule has 0 unspecified atom stereocenters. The van der Waals surface area contributed by atoms with Gasteiger partial charge in [-0.3, -0.25) is 0 Å². The number of pyridine rings is 1. The average Bonchev–Trinajstić information content (AvgIpc) is 2.33. The van der Waals surface area contributed by atoms with Gasteiger partial charge >= 0.3 is 0 Å². The second-order valence-electron chi connectivity index (χ2n) is 3.54. The molecule has 0 fully saturated rings. The third-order valence-electron chi connectivity index (χ3n) is 2.24. The molecule has 0 atom stereocenters. The van der Waals surface area contributed by atoms with Crippen molar-refractivity contribution in [1.29, 1.82) is 0 Å². The van der Waals surface area contributed by atoms with Crippen LogP contribution >= 0.6 is 35.4 Å². The Bertz CT molecular complexity index is 602. The average molecular weight is 298 g/mol. The van der Waals surface area contributed by atoms with Gasteiger partial charge in [0, 0.05) is 16.8 Å². The smallest absolute Gasteiger partial charge is 0.131 e. The van der Waals surface area contributed by atoms with Crippen molar-refractivity contribution in [1.82, 2.24) is 4.98 Å². The van der Waals surface area contributed by atoms with E-state index >= 15 is 0 Å². The van der Waals surface area contributed by atoms with Gasteiger partial charge in [-0.1, -0.05) is 35.4 Å². The first-order valence-electron chi connectivity index (χ1n) is 5.04. The van der Waals surface area contributed by atoms with Crippen molar-refractivity contribution in [2.75, 3.05) is 5.32 Å². The highest BCUT2D eigenvalue weighted by molar-refractivity contribution is 7.80. The minimum Gasteiger partial charge on any atom is -0.389 e. The summed E-state index contributed by atoms with van der Waals surface area (Å²) >= 11 is 16.8. The summed E-state index contributed by atoms with van der Waals surface area (Å²) in [6.07, 6.45) is 1.63. The van der Waals surface area contributed by atoms with E-state index in [1.807, 2.05) is 0 Å². The van der Waals surface area contributed by atoms with Crippen LogP contribution < -0.4 is 11.1 Å². The van der Waals surface area contributed by atoms with Crippen LogP contribution in [0.3, 0.4) is 0 Å². The molecule has 1 heterocycles. The van der Waals surface area contributed by atoms with Crippen molar-refractivity contribution in [2.24, 2.45) is 5.73 Å². The number of hydrogen-bond donors (Lipinski definition) is 2. The lowest BCUT2D eigenvalue weighted by atomic mass is 10.2. The van der Waals surface area contributed by atoms with E-state index in [-0.39, 0.29) is 0 Å². The second kappa shape index (κ2) is 5.52. The van der Waals surface area contributed by atoms with Gasteiger partial charge in [0.25, 0.3) is 0 Å². The van der Waals surface area contributed by atoms with Crippen molar-refractivity contribution < 1.29 is 0 Å². The highest BCUT2D eigenvalue weighted by atomic mass is 35.5. The molecular weight excluding hydrogens is 289 g/mol. The van der Waals surface area contributed by atoms with Crippen molar-refractivity contribution in [3.63, 3.8) is 0 Å². The summed E-state index contributed by atoms with van der Waals surface area (Å²) in [6.45, 7) is 0. The summed E-state index contributed by atoms with van der Waals surface area (Å²) in [5.41, 5.74) is 7.02. The van der Waals surface area contributed by atoms with Crippen LogP contribution in [0, 0.1) is 0 Å². The highest BCUT2D eigenvalue weighted by Crippen LogP contribution is 2.27. The third-order valence-corrected chi connectivity index (χ3v) is 3.02. The maximum atomic E-state index is 6.06. The molecule has 0 amide bonds. The van der Waals surface area contributed by atoms with Crippen LogP contribution in [-0.2, 0) is 0 Å². The van der Waals surface area contributed by atoms with Crippen molar-refractivity contribution in [2.45, 2.75) is 0 Å². The minimum absolute atomic E-state index is 0.322. The summed E-state index contributed by atoms with van der Waals surface area (Å²) < 4.78 is 0. The largest absolute Gasteiger partial charge is 0.389 e. The molecular formula is C12H9Cl2N3S. The predicted octanol–water partition coefficient (Wildman–Crippen LogP) is 3.77. The molecule has 0 saturated carbocycles. The van der Waals surface area contributed by atoms with Crippen LogP contribution in [-0.4, -0.2) is 9.97 Å². The zero-order valence-electron chi connectivity index (χ0n) is 9.15. The number of halogens is 2. The van der Waals surface area contributed by atoms with Crippen LogP contribution in [0.5, 0.6) is 0 Å². The second-order valence-corrected chi connectivity index (χ2v) is 4.83. The first-order valence-corrected chi connectivity index (χ1v) is 6.20. The first-order chi connectivity index (χ1) is 8.56. The quantitative estimate of drug-likeness (QED) is 0.847. The number of aromatic nitrogens is 1. The number of rotatable bonds is 3. The number of nitrogens with one attached hydrogen (secondary N) is 1. The Hall–Kier alpha value is -1.36. The maximum Gasteiger partial charge on any atom is 0.131 e. The molecule has 2 rings (SSSR count). The van der Waals surface area contributed by atoms with Gasteiger partial charge < -0.3 is 11.1 Å². The van der Waals surface area contributed by atoms with Crippen LogP contribution in [0.4, 0.5) is 11.5 Å². The molecule has 3 N–H and O–H groups in total. The molecule has 6 heteroatoms. The first kappa shape index (κ1) is 13.1. The predicted molar refractivity (Wildman–Crippen MR) is 79.9 cm³/mol. The fourth-order valence-corrected chi connectivity index (χ4v) is 1.96. The fraction of sp³-hybridized carbons (Fsp3) is 0. The van der Waals surface area contributed by atoms with Crippen molar-refractivity contribution in [3.05, 3.63) is 52.1 Å². The van der Waals surface area contributed by atoms with Crippen molar-refractivity contribution >= 4 is 51.9 Å². The number of nitrogens with two attached hydrogens (primary N) is 1. The summed E-state index contributed by atoms with van der Waals surface area (Å²) in [7, 11) is 0. The van der Waals surface area contributed by atoms with E-state index < -0.39 is 0 Å². The Morgan fingerprint density at radius 1 is 1.22 bits per heavy atom. The third kappa shape index (κ3) is 3.10. The number of nitrogens with zero attached hydrogens (tertiary/aromatic N) is 1. The lowest BCUT2D eigenvalue weighted by molar-refractivity contribution is 1.30. The Morgan fingerprint density at radius 2 is 2.00 bits per heavy atom. The zero-order chi connectivity index (χ0) is 13.1. The molecule has 1 aromatic heterocycles. The number of anilines is 2. The van der Waals surface area contributed by atoms with E-state index in [9.17, 15) is 0 Å². The van der Waals surface area contributed by atoms with Gasteiger partial charge in [0.2, 0.25) is 0 Å². The van der Waals surface area contributed by atoms with E-state index in [0.717, 1.165) is 5.56 Å². The molecule has 3 nitrogen and oxygen atoms in total. The Kier molecular flexibility index (Phi) is 4.01.